The number of anilines is 1. The molecule has 0 radical (unpaired) electrons. The summed E-state index contributed by atoms with van der Waals surface area (Å²) in [5, 5.41) is 12.3. The van der Waals surface area contributed by atoms with Crippen LogP contribution in [0.3, 0.4) is 0 Å². The van der Waals surface area contributed by atoms with Crippen molar-refractivity contribution in [2.75, 3.05) is 51.8 Å². The third kappa shape index (κ3) is 4.52. The van der Waals surface area contributed by atoms with Crippen molar-refractivity contribution in [3.63, 3.8) is 0 Å². The lowest BCUT2D eigenvalue weighted by Crippen LogP contribution is -2.46. The van der Waals surface area contributed by atoms with Gasteiger partial charge in [0, 0.05) is 56.9 Å². The molecule has 1 amide bonds. The standard InChI is InChI=1S/C24H30N4O3/c1-25(31-2)24(30)20-18-28(21-9-4-3-8-19(20)21)13-7-12-26-14-16-27(17-15-26)22-10-5-6-11-23(22)29/h3-6,8-11,18,29H,7,12-17H2,1-2H3. The molecule has 7 nitrogen and oxygen atoms in total. The SMILES string of the molecule is CON(C)C(=O)c1cn(CCCN2CCN(c3ccccc3O)CC2)c2ccccc12. The summed E-state index contributed by atoms with van der Waals surface area (Å²) in [6.07, 6.45) is 2.95. The Balaban J connectivity index is 1.35. The van der Waals surface area contributed by atoms with E-state index in [-0.39, 0.29) is 5.91 Å². The Kier molecular flexibility index (Phi) is 6.44. The number of phenolic OH excluding ortho intramolecular Hbond substituents is 1. The summed E-state index contributed by atoms with van der Waals surface area (Å²) in [6.45, 7) is 5.62. The van der Waals surface area contributed by atoms with Crippen molar-refractivity contribution in [2.45, 2.75) is 13.0 Å². The van der Waals surface area contributed by atoms with Gasteiger partial charge in [0.25, 0.3) is 5.91 Å². The van der Waals surface area contributed by atoms with Crippen molar-refractivity contribution >= 4 is 22.5 Å². The van der Waals surface area contributed by atoms with Crippen molar-refractivity contribution in [1.82, 2.24) is 14.5 Å². The fourth-order valence-corrected chi connectivity index (χ4v) is 4.26. The largest absolute Gasteiger partial charge is 0.506 e. The van der Waals surface area contributed by atoms with Crippen LogP contribution in [0.5, 0.6) is 5.75 Å². The van der Waals surface area contributed by atoms with E-state index in [2.05, 4.69) is 20.4 Å². The third-order valence-electron chi connectivity index (χ3n) is 6.05. The normalized spacial score (nSPS) is 14.8. The molecule has 0 saturated carbocycles. The molecular formula is C24H30N4O3. The molecule has 0 unspecified atom stereocenters. The van der Waals surface area contributed by atoms with Crippen LogP contribution < -0.4 is 4.90 Å². The van der Waals surface area contributed by atoms with E-state index >= 15 is 0 Å². The number of rotatable bonds is 7. The molecule has 4 rings (SSSR count). The monoisotopic (exact) mass is 422 g/mol. The van der Waals surface area contributed by atoms with E-state index in [1.54, 1.807) is 13.1 Å². The minimum atomic E-state index is -0.141. The van der Waals surface area contributed by atoms with Crippen LogP contribution in [-0.4, -0.2) is 72.4 Å². The van der Waals surface area contributed by atoms with E-state index in [4.69, 9.17) is 4.84 Å². The molecule has 1 aliphatic rings. The van der Waals surface area contributed by atoms with Gasteiger partial charge in [-0.1, -0.05) is 30.3 Å². The van der Waals surface area contributed by atoms with E-state index in [9.17, 15) is 9.90 Å². The summed E-state index contributed by atoms with van der Waals surface area (Å²) in [7, 11) is 3.12. The number of aromatic hydroxyl groups is 1. The van der Waals surface area contributed by atoms with Gasteiger partial charge >= 0.3 is 0 Å². The summed E-state index contributed by atoms with van der Waals surface area (Å²) in [5.41, 5.74) is 2.65. The highest BCUT2D eigenvalue weighted by molar-refractivity contribution is 6.06. The predicted molar refractivity (Wildman–Crippen MR) is 122 cm³/mol. The number of para-hydroxylation sites is 3. The number of benzene rings is 2. The summed E-state index contributed by atoms with van der Waals surface area (Å²) in [4.78, 5) is 22.4. The van der Waals surface area contributed by atoms with Gasteiger partial charge in [0.2, 0.25) is 0 Å². The second-order valence-electron chi connectivity index (χ2n) is 7.91. The number of amides is 1. The number of aryl methyl sites for hydroxylation is 1. The first-order valence-corrected chi connectivity index (χ1v) is 10.7. The topological polar surface area (TPSA) is 61.2 Å². The number of phenols is 1. The second-order valence-corrected chi connectivity index (χ2v) is 7.91. The number of hydrogen-bond acceptors (Lipinski definition) is 5. The number of fused-ring (bicyclic) bond motifs is 1. The molecule has 1 N–H and O–H groups in total. The van der Waals surface area contributed by atoms with E-state index in [0.29, 0.717) is 11.3 Å². The van der Waals surface area contributed by atoms with Gasteiger partial charge in [0.15, 0.2) is 0 Å². The molecular weight excluding hydrogens is 392 g/mol. The number of aromatic nitrogens is 1. The van der Waals surface area contributed by atoms with Gasteiger partial charge < -0.3 is 14.6 Å². The van der Waals surface area contributed by atoms with Crippen molar-refractivity contribution in [2.24, 2.45) is 0 Å². The summed E-state index contributed by atoms with van der Waals surface area (Å²) >= 11 is 0. The van der Waals surface area contributed by atoms with Crippen LogP contribution in [0.15, 0.2) is 54.7 Å². The first kappa shape index (κ1) is 21.2. The molecule has 2 aromatic carbocycles. The van der Waals surface area contributed by atoms with Crippen LogP contribution in [0.2, 0.25) is 0 Å². The molecule has 0 spiro atoms. The van der Waals surface area contributed by atoms with E-state index in [1.165, 1.54) is 12.2 Å². The average Bonchev–Trinajstić information content (AvgIpc) is 3.17. The molecule has 0 atom stereocenters. The van der Waals surface area contributed by atoms with Gasteiger partial charge in [0.1, 0.15) is 5.75 Å². The number of piperazine rings is 1. The first-order valence-electron chi connectivity index (χ1n) is 10.7. The predicted octanol–water partition coefficient (Wildman–Crippen LogP) is 3.19. The minimum absolute atomic E-state index is 0.141. The molecule has 0 bridgehead atoms. The lowest BCUT2D eigenvalue weighted by molar-refractivity contribution is -0.0755. The minimum Gasteiger partial charge on any atom is -0.506 e. The van der Waals surface area contributed by atoms with Gasteiger partial charge in [-0.2, -0.15) is 0 Å². The van der Waals surface area contributed by atoms with Gasteiger partial charge in [-0.25, -0.2) is 5.06 Å². The zero-order chi connectivity index (χ0) is 21.8. The van der Waals surface area contributed by atoms with Crippen LogP contribution in [0.1, 0.15) is 16.8 Å². The van der Waals surface area contributed by atoms with Gasteiger partial charge in [-0.15, -0.1) is 0 Å². The highest BCUT2D eigenvalue weighted by atomic mass is 16.7. The quantitative estimate of drug-likeness (QED) is 0.593. The van der Waals surface area contributed by atoms with Crippen LogP contribution in [0.25, 0.3) is 10.9 Å². The lowest BCUT2D eigenvalue weighted by atomic mass is 10.1. The zero-order valence-corrected chi connectivity index (χ0v) is 18.2. The third-order valence-corrected chi connectivity index (χ3v) is 6.05. The summed E-state index contributed by atoms with van der Waals surface area (Å²) in [5.74, 6) is 0.206. The number of hydrogen-bond donors (Lipinski definition) is 1. The van der Waals surface area contributed by atoms with Gasteiger partial charge in [-0.05, 0) is 31.2 Å². The Morgan fingerprint density at radius 3 is 2.48 bits per heavy atom. The fraction of sp³-hybridized carbons (Fsp3) is 0.375. The smallest absolute Gasteiger partial charge is 0.279 e. The van der Waals surface area contributed by atoms with E-state index < -0.39 is 0 Å². The molecule has 2 heterocycles. The maximum absolute atomic E-state index is 12.7. The Hall–Kier alpha value is -3.03. The molecule has 1 aromatic heterocycles. The highest BCUT2D eigenvalue weighted by Crippen LogP contribution is 2.27. The van der Waals surface area contributed by atoms with E-state index in [0.717, 1.165) is 62.3 Å². The van der Waals surface area contributed by atoms with E-state index in [1.807, 2.05) is 42.6 Å². The summed E-state index contributed by atoms with van der Waals surface area (Å²) < 4.78 is 2.17. The Morgan fingerprint density at radius 2 is 1.74 bits per heavy atom. The Morgan fingerprint density at radius 1 is 1.03 bits per heavy atom. The van der Waals surface area contributed by atoms with Crippen molar-refractivity contribution in [1.29, 1.82) is 0 Å². The van der Waals surface area contributed by atoms with Crippen LogP contribution in [0, 0.1) is 0 Å². The molecule has 1 saturated heterocycles. The van der Waals surface area contributed by atoms with Crippen molar-refractivity contribution in [3.05, 3.63) is 60.3 Å². The maximum atomic E-state index is 12.7. The number of nitrogens with zero attached hydrogens (tertiary/aromatic N) is 4. The molecule has 164 valence electrons. The van der Waals surface area contributed by atoms with Crippen LogP contribution in [0.4, 0.5) is 5.69 Å². The van der Waals surface area contributed by atoms with Crippen molar-refractivity contribution in [3.8, 4) is 5.75 Å². The molecule has 31 heavy (non-hydrogen) atoms. The fourth-order valence-electron chi connectivity index (χ4n) is 4.26. The van der Waals surface area contributed by atoms with Gasteiger partial charge in [-0.3, -0.25) is 14.5 Å². The zero-order valence-electron chi connectivity index (χ0n) is 18.2. The summed E-state index contributed by atoms with van der Waals surface area (Å²) in [6, 6.07) is 15.5. The van der Waals surface area contributed by atoms with Crippen LogP contribution >= 0.6 is 0 Å². The molecule has 3 aromatic rings. The molecule has 1 fully saturated rings. The lowest BCUT2D eigenvalue weighted by Gasteiger charge is -2.36. The average molecular weight is 423 g/mol. The number of hydroxylamine groups is 2. The Labute approximate surface area is 183 Å². The second kappa shape index (κ2) is 9.41. The Bertz CT molecular complexity index is 1040. The van der Waals surface area contributed by atoms with Crippen molar-refractivity contribution < 1.29 is 14.7 Å². The molecule has 0 aliphatic carbocycles. The number of carbonyl (C=O) groups excluding carboxylic acids is 1. The molecule has 1 aliphatic heterocycles. The number of carbonyl (C=O) groups is 1. The highest BCUT2D eigenvalue weighted by Gasteiger charge is 2.20. The van der Waals surface area contributed by atoms with Crippen LogP contribution in [-0.2, 0) is 11.4 Å². The maximum Gasteiger partial charge on any atom is 0.279 e. The first-order chi connectivity index (χ1) is 15.1. The molecule has 7 heteroatoms. The van der Waals surface area contributed by atoms with Gasteiger partial charge in [0.05, 0.1) is 18.4 Å².